The Labute approximate surface area is 169 Å². The lowest BCUT2D eigenvalue weighted by atomic mass is 10.1. The van der Waals surface area contributed by atoms with Gasteiger partial charge in [0, 0.05) is 29.9 Å². The van der Waals surface area contributed by atoms with E-state index in [0.717, 1.165) is 5.69 Å². The molecule has 29 heavy (non-hydrogen) atoms. The first-order valence-corrected chi connectivity index (χ1v) is 9.00. The van der Waals surface area contributed by atoms with Crippen molar-refractivity contribution in [2.24, 2.45) is 0 Å². The number of para-hydroxylation sites is 1. The lowest BCUT2D eigenvalue weighted by molar-refractivity contribution is 0.0989. The smallest absolute Gasteiger partial charge is 0.258 e. The molecule has 0 atom stereocenters. The minimum absolute atomic E-state index is 0.155. The molecule has 0 saturated heterocycles. The Kier molecular flexibility index (Phi) is 6.14. The van der Waals surface area contributed by atoms with Crippen molar-refractivity contribution in [2.75, 3.05) is 31.5 Å². The Bertz CT molecular complexity index is 1000. The van der Waals surface area contributed by atoms with Gasteiger partial charge in [0.05, 0.1) is 19.9 Å². The van der Waals surface area contributed by atoms with Gasteiger partial charge in [0.2, 0.25) is 0 Å². The topological polar surface area (TPSA) is 67.9 Å². The number of hydrogen-bond acceptors (Lipinski definition) is 4. The van der Waals surface area contributed by atoms with Crippen LogP contribution < -0.4 is 19.7 Å². The van der Waals surface area contributed by atoms with E-state index in [4.69, 9.17) is 9.47 Å². The molecule has 6 nitrogen and oxygen atoms in total. The van der Waals surface area contributed by atoms with Crippen LogP contribution in [0.15, 0.2) is 72.8 Å². The molecule has 0 aliphatic rings. The van der Waals surface area contributed by atoms with Crippen LogP contribution in [-0.4, -0.2) is 33.1 Å². The highest BCUT2D eigenvalue weighted by Gasteiger charge is 2.15. The zero-order valence-electron chi connectivity index (χ0n) is 16.5. The minimum Gasteiger partial charge on any atom is -0.497 e. The number of amides is 2. The van der Waals surface area contributed by atoms with Crippen molar-refractivity contribution in [3.05, 3.63) is 83.9 Å². The molecule has 0 heterocycles. The van der Waals surface area contributed by atoms with E-state index in [1.165, 1.54) is 7.11 Å². The van der Waals surface area contributed by atoms with Crippen LogP contribution in [0.2, 0.25) is 0 Å². The molecular formula is C23H22N2O4. The summed E-state index contributed by atoms with van der Waals surface area (Å²) in [6, 6.07) is 21.0. The molecule has 0 spiro atoms. The van der Waals surface area contributed by atoms with Crippen molar-refractivity contribution >= 4 is 23.2 Å². The molecule has 0 unspecified atom stereocenters. The Balaban J connectivity index is 1.75. The quantitative estimate of drug-likeness (QED) is 0.684. The SMILES string of the molecule is COc1ccc(OC)c(NC(=O)c2ccc(C(=O)N(C)c3ccccc3)cc2)c1. The van der Waals surface area contributed by atoms with E-state index < -0.39 is 0 Å². The highest BCUT2D eigenvalue weighted by atomic mass is 16.5. The van der Waals surface area contributed by atoms with E-state index in [1.807, 2.05) is 30.3 Å². The number of benzene rings is 3. The molecular weight excluding hydrogens is 368 g/mol. The van der Waals surface area contributed by atoms with Crippen LogP contribution in [0.5, 0.6) is 11.5 Å². The van der Waals surface area contributed by atoms with E-state index in [2.05, 4.69) is 5.32 Å². The lowest BCUT2D eigenvalue weighted by Crippen LogP contribution is -2.26. The van der Waals surface area contributed by atoms with Gasteiger partial charge in [-0.15, -0.1) is 0 Å². The van der Waals surface area contributed by atoms with Crippen LogP contribution in [-0.2, 0) is 0 Å². The summed E-state index contributed by atoms with van der Waals surface area (Å²) in [6.07, 6.45) is 0. The van der Waals surface area contributed by atoms with Crippen molar-refractivity contribution < 1.29 is 19.1 Å². The first-order valence-electron chi connectivity index (χ1n) is 9.00. The van der Waals surface area contributed by atoms with Crippen molar-refractivity contribution in [1.29, 1.82) is 0 Å². The molecule has 2 amide bonds. The second kappa shape index (κ2) is 8.93. The number of rotatable bonds is 6. The maximum Gasteiger partial charge on any atom is 0.258 e. The molecule has 3 aromatic rings. The molecule has 3 rings (SSSR count). The van der Waals surface area contributed by atoms with Crippen molar-refractivity contribution in [1.82, 2.24) is 0 Å². The van der Waals surface area contributed by atoms with Crippen LogP contribution in [0, 0.1) is 0 Å². The maximum absolute atomic E-state index is 12.7. The van der Waals surface area contributed by atoms with Gasteiger partial charge >= 0.3 is 0 Å². The summed E-state index contributed by atoms with van der Waals surface area (Å²) in [6.45, 7) is 0. The third-order valence-electron chi connectivity index (χ3n) is 4.50. The Morgan fingerprint density at radius 1 is 0.828 bits per heavy atom. The van der Waals surface area contributed by atoms with Gasteiger partial charge < -0.3 is 19.7 Å². The molecule has 0 aliphatic heterocycles. The lowest BCUT2D eigenvalue weighted by Gasteiger charge is -2.17. The summed E-state index contributed by atoms with van der Waals surface area (Å²) >= 11 is 0. The van der Waals surface area contributed by atoms with E-state index in [-0.39, 0.29) is 11.8 Å². The monoisotopic (exact) mass is 390 g/mol. The summed E-state index contributed by atoms with van der Waals surface area (Å²) in [5.74, 6) is 0.658. The summed E-state index contributed by atoms with van der Waals surface area (Å²) in [5, 5.41) is 2.81. The molecule has 1 N–H and O–H groups in total. The number of nitrogens with zero attached hydrogens (tertiary/aromatic N) is 1. The zero-order valence-corrected chi connectivity index (χ0v) is 16.5. The van der Waals surface area contributed by atoms with Crippen LogP contribution in [0.3, 0.4) is 0 Å². The van der Waals surface area contributed by atoms with E-state index in [9.17, 15) is 9.59 Å². The summed E-state index contributed by atoms with van der Waals surface area (Å²) in [7, 11) is 4.80. The molecule has 0 bridgehead atoms. The molecule has 0 saturated carbocycles. The van der Waals surface area contributed by atoms with Crippen LogP contribution in [0.1, 0.15) is 20.7 Å². The number of hydrogen-bond donors (Lipinski definition) is 1. The fraction of sp³-hybridized carbons (Fsp3) is 0.130. The van der Waals surface area contributed by atoms with Gasteiger partial charge in [-0.05, 0) is 48.5 Å². The minimum atomic E-state index is -0.313. The molecule has 3 aromatic carbocycles. The Hall–Kier alpha value is -3.80. The largest absolute Gasteiger partial charge is 0.497 e. The number of carbonyl (C=O) groups excluding carboxylic acids is 2. The van der Waals surface area contributed by atoms with E-state index >= 15 is 0 Å². The van der Waals surface area contributed by atoms with Crippen LogP contribution in [0.4, 0.5) is 11.4 Å². The fourth-order valence-electron chi connectivity index (χ4n) is 2.83. The van der Waals surface area contributed by atoms with Crippen LogP contribution in [0.25, 0.3) is 0 Å². The summed E-state index contributed by atoms with van der Waals surface area (Å²) in [5.41, 5.74) is 2.21. The Morgan fingerprint density at radius 2 is 1.48 bits per heavy atom. The van der Waals surface area contributed by atoms with Gasteiger partial charge in [0.15, 0.2) is 0 Å². The number of methoxy groups -OCH3 is 2. The second-order valence-electron chi connectivity index (χ2n) is 6.30. The predicted octanol–water partition coefficient (Wildman–Crippen LogP) is 4.23. The standard InChI is InChI=1S/C23H22N2O4/c1-25(18-7-5-4-6-8-18)23(27)17-11-9-16(10-12-17)22(26)24-20-15-19(28-2)13-14-21(20)29-3/h4-15H,1-3H3,(H,24,26). The fourth-order valence-corrected chi connectivity index (χ4v) is 2.83. The van der Waals surface area contributed by atoms with Gasteiger partial charge in [-0.2, -0.15) is 0 Å². The molecule has 0 radical (unpaired) electrons. The van der Waals surface area contributed by atoms with Gasteiger partial charge in [-0.1, -0.05) is 18.2 Å². The molecule has 6 heteroatoms. The molecule has 0 aromatic heterocycles. The first kappa shape index (κ1) is 19.9. The number of nitrogens with one attached hydrogen (secondary N) is 1. The van der Waals surface area contributed by atoms with E-state index in [0.29, 0.717) is 28.3 Å². The third kappa shape index (κ3) is 4.55. The average Bonchev–Trinajstić information content (AvgIpc) is 2.78. The predicted molar refractivity (Wildman–Crippen MR) is 113 cm³/mol. The van der Waals surface area contributed by atoms with Crippen molar-refractivity contribution in [2.45, 2.75) is 0 Å². The third-order valence-corrected chi connectivity index (χ3v) is 4.50. The van der Waals surface area contributed by atoms with Gasteiger partial charge in [0.25, 0.3) is 11.8 Å². The molecule has 0 aliphatic carbocycles. The first-order chi connectivity index (χ1) is 14.0. The number of ether oxygens (including phenoxy) is 2. The van der Waals surface area contributed by atoms with E-state index in [1.54, 1.807) is 61.5 Å². The highest BCUT2D eigenvalue weighted by molar-refractivity contribution is 6.08. The van der Waals surface area contributed by atoms with Crippen LogP contribution >= 0.6 is 0 Å². The van der Waals surface area contributed by atoms with Gasteiger partial charge in [0.1, 0.15) is 11.5 Å². The van der Waals surface area contributed by atoms with Gasteiger partial charge in [-0.3, -0.25) is 9.59 Å². The summed E-state index contributed by atoms with van der Waals surface area (Å²) in [4.78, 5) is 26.8. The van der Waals surface area contributed by atoms with Gasteiger partial charge in [-0.25, -0.2) is 0 Å². The number of anilines is 2. The Morgan fingerprint density at radius 3 is 2.10 bits per heavy atom. The number of carbonyl (C=O) groups is 2. The highest BCUT2D eigenvalue weighted by Crippen LogP contribution is 2.29. The summed E-state index contributed by atoms with van der Waals surface area (Å²) < 4.78 is 10.5. The second-order valence-corrected chi connectivity index (χ2v) is 6.30. The normalized spacial score (nSPS) is 10.2. The van der Waals surface area contributed by atoms with Crippen molar-refractivity contribution in [3.63, 3.8) is 0 Å². The molecule has 148 valence electrons. The maximum atomic E-state index is 12.7. The zero-order chi connectivity index (χ0) is 20.8. The van der Waals surface area contributed by atoms with Crippen molar-refractivity contribution in [3.8, 4) is 11.5 Å². The average molecular weight is 390 g/mol. The molecule has 0 fully saturated rings.